The van der Waals surface area contributed by atoms with Crippen LogP contribution in [0.1, 0.15) is 36.1 Å². The van der Waals surface area contributed by atoms with Gasteiger partial charge in [0.15, 0.2) is 0 Å². The fourth-order valence-corrected chi connectivity index (χ4v) is 5.36. The summed E-state index contributed by atoms with van der Waals surface area (Å²) in [6, 6.07) is 40.1. The van der Waals surface area contributed by atoms with Crippen LogP contribution in [0.4, 0.5) is 0 Å². The Hall–Kier alpha value is -3.36. The van der Waals surface area contributed by atoms with E-state index in [-0.39, 0.29) is 6.61 Å². The summed E-state index contributed by atoms with van der Waals surface area (Å²) in [5.74, 6) is 0. The van der Waals surface area contributed by atoms with Crippen LogP contribution >= 0.6 is 0 Å². The topological polar surface area (TPSA) is 66.4 Å². The zero-order chi connectivity index (χ0) is 29.9. The van der Waals surface area contributed by atoms with Gasteiger partial charge in [-0.3, -0.25) is 0 Å². The quantitative estimate of drug-likeness (QED) is 0.183. The minimum Gasteiger partial charge on any atom is -0.388 e. The van der Waals surface area contributed by atoms with Crippen molar-refractivity contribution >= 4 is 0 Å². The fraction of sp³-hybridized carbons (Fsp3) is 0.351. The van der Waals surface area contributed by atoms with Crippen LogP contribution in [-0.2, 0) is 50.1 Å². The maximum Gasteiger partial charge on any atom is 0.116 e. The average Bonchev–Trinajstić information content (AvgIpc) is 3.03. The van der Waals surface area contributed by atoms with Crippen LogP contribution in [0, 0.1) is 0 Å². The van der Waals surface area contributed by atoms with Gasteiger partial charge in [0.1, 0.15) is 30.5 Å². The monoisotopic (exact) mass is 582 g/mol. The lowest BCUT2D eigenvalue weighted by Gasteiger charge is -2.49. The van der Waals surface area contributed by atoms with Gasteiger partial charge in [-0.15, -0.1) is 0 Å². The van der Waals surface area contributed by atoms with Crippen molar-refractivity contribution in [2.45, 2.75) is 76.4 Å². The third-order valence-electron chi connectivity index (χ3n) is 7.58. The molecule has 6 nitrogen and oxygen atoms in total. The van der Waals surface area contributed by atoms with E-state index < -0.39 is 36.1 Å². The van der Waals surface area contributed by atoms with Crippen LogP contribution in [0.3, 0.4) is 0 Å². The first-order valence-corrected chi connectivity index (χ1v) is 14.9. The molecule has 0 saturated carbocycles. The van der Waals surface area contributed by atoms with Gasteiger partial charge in [-0.25, -0.2) is 0 Å². The second kappa shape index (κ2) is 15.4. The van der Waals surface area contributed by atoms with Crippen molar-refractivity contribution in [1.82, 2.24) is 0 Å². The number of rotatable bonds is 14. The minimum atomic E-state index is -1.22. The van der Waals surface area contributed by atoms with E-state index >= 15 is 0 Å². The smallest absolute Gasteiger partial charge is 0.116 e. The highest BCUT2D eigenvalue weighted by atomic mass is 16.6. The van der Waals surface area contributed by atoms with Gasteiger partial charge in [0, 0.05) is 0 Å². The van der Waals surface area contributed by atoms with Crippen LogP contribution in [-0.4, -0.2) is 47.8 Å². The molecule has 1 N–H and O–H groups in total. The SMILES string of the molecule is CC(C)(O)[C@H]1O[C@H](COCc2ccccc2)[C@@H](OCc2ccccc2)[C@H](OCc2ccccc2)[C@@H]1OCc1ccccc1. The highest BCUT2D eigenvalue weighted by Crippen LogP contribution is 2.35. The molecule has 1 aliphatic heterocycles. The highest BCUT2D eigenvalue weighted by Gasteiger charge is 2.52. The Morgan fingerprint density at radius 1 is 0.535 bits per heavy atom. The van der Waals surface area contributed by atoms with E-state index in [9.17, 15) is 5.11 Å². The molecule has 226 valence electrons. The van der Waals surface area contributed by atoms with Gasteiger partial charge in [-0.1, -0.05) is 121 Å². The van der Waals surface area contributed by atoms with Gasteiger partial charge in [-0.2, -0.15) is 0 Å². The summed E-state index contributed by atoms with van der Waals surface area (Å²) in [6.45, 7) is 5.26. The molecule has 0 aliphatic carbocycles. The maximum absolute atomic E-state index is 11.4. The number of aliphatic hydroxyl groups is 1. The normalized spacial score (nSPS) is 22.3. The summed E-state index contributed by atoms with van der Waals surface area (Å²) < 4.78 is 32.8. The molecular formula is C37H42O6. The maximum atomic E-state index is 11.4. The van der Waals surface area contributed by atoms with Crippen molar-refractivity contribution in [3.63, 3.8) is 0 Å². The highest BCUT2D eigenvalue weighted by molar-refractivity contribution is 5.17. The van der Waals surface area contributed by atoms with Crippen LogP contribution in [0.15, 0.2) is 121 Å². The predicted molar refractivity (Wildman–Crippen MR) is 166 cm³/mol. The molecule has 1 fully saturated rings. The molecule has 0 spiro atoms. The molecule has 0 aromatic heterocycles. The van der Waals surface area contributed by atoms with Crippen LogP contribution in [0.25, 0.3) is 0 Å². The largest absolute Gasteiger partial charge is 0.388 e. The molecule has 1 heterocycles. The zero-order valence-corrected chi connectivity index (χ0v) is 25.0. The molecule has 0 bridgehead atoms. The second-order valence-electron chi connectivity index (χ2n) is 11.5. The van der Waals surface area contributed by atoms with Crippen LogP contribution < -0.4 is 0 Å². The van der Waals surface area contributed by atoms with E-state index in [1.165, 1.54) is 0 Å². The van der Waals surface area contributed by atoms with Crippen molar-refractivity contribution in [2.24, 2.45) is 0 Å². The van der Waals surface area contributed by atoms with Gasteiger partial charge in [-0.05, 0) is 36.1 Å². The molecular weight excluding hydrogens is 540 g/mol. The predicted octanol–water partition coefficient (Wildman–Crippen LogP) is 6.50. The number of ether oxygens (including phenoxy) is 5. The Morgan fingerprint density at radius 3 is 1.33 bits per heavy atom. The first kappa shape index (κ1) is 31.1. The van der Waals surface area contributed by atoms with Crippen molar-refractivity contribution in [3.8, 4) is 0 Å². The van der Waals surface area contributed by atoms with Gasteiger partial charge in [0.25, 0.3) is 0 Å². The van der Waals surface area contributed by atoms with E-state index in [1.54, 1.807) is 13.8 Å². The molecule has 6 heteroatoms. The van der Waals surface area contributed by atoms with Crippen molar-refractivity contribution in [3.05, 3.63) is 144 Å². The molecule has 4 aromatic carbocycles. The molecule has 43 heavy (non-hydrogen) atoms. The zero-order valence-electron chi connectivity index (χ0n) is 25.0. The van der Waals surface area contributed by atoms with Crippen LogP contribution in [0.2, 0.25) is 0 Å². The Labute approximate surface area is 255 Å². The molecule has 5 rings (SSSR count). The minimum absolute atomic E-state index is 0.261. The second-order valence-corrected chi connectivity index (χ2v) is 11.5. The lowest BCUT2D eigenvalue weighted by molar-refractivity contribution is -0.297. The van der Waals surface area contributed by atoms with E-state index in [2.05, 4.69) is 0 Å². The molecule has 0 radical (unpaired) electrons. The molecule has 1 aliphatic rings. The summed E-state index contributed by atoms with van der Waals surface area (Å²) in [5.41, 5.74) is 2.94. The number of benzene rings is 4. The summed E-state index contributed by atoms with van der Waals surface area (Å²) in [6.07, 6.45) is -2.91. The first-order valence-electron chi connectivity index (χ1n) is 14.9. The Morgan fingerprint density at radius 2 is 0.907 bits per heavy atom. The lowest BCUT2D eigenvalue weighted by Crippen LogP contribution is -2.65. The molecule has 0 unspecified atom stereocenters. The summed E-state index contributed by atoms with van der Waals surface area (Å²) in [5, 5.41) is 11.4. The van der Waals surface area contributed by atoms with E-state index in [4.69, 9.17) is 23.7 Å². The molecule has 1 saturated heterocycles. The molecule has 0 amide bonds. The standard InChI is InChI=1S/C37H42O6/c1-37(2,38)36-35(42-26-31-21-13-6-14-22-31)34(41-25-30-19-11-5-12-20-30)33(40-24-29-17-9-4-10-18-29)32(43-36)27-39-23-28-15-7-3-8-16-28/h3-22,32-36,38H,23-27H2,1-2H3/t32-,33-,34+,35+,36+/m1/s1. The van der Waals surface area contributed by atoms with Gasteiger partial charge in [0.05, 0.1) is 38.6 Å². The van der Waals surface area contributed by atoms with Crippen LogP contribution in [0.5, 0.6) is 0 Å². The van der Waals surface area contributed by atoms with Crippen molar-refractivity contribution in [1.29, 1.82) is 0 Å². The summed E-state index contributed by atoms with van der Waals surface area (Å²) >= 11 is 0. The molecule has 5 atom stereocenters. The van der Waals surface area contributed by atoms with E-state index in [0.717, 1.165) is 22.3 Å². The van der Waals surface area contributed by atoms with E-state index in [1.807, 2.05) is 121 Å². The number of hydrogen-bond acceptors (Lipinski definition) is 6. The number of hydrogen-bond donors (Lipinski definition) is 1. The summed E-state index contributed by atoms with van der Waals surface area (Å²) in [4.78, 5) is 0. The van der Waals surface area contributed by atoms with Crippen molar-refractivity contribution in [2.75, 3.05) is 6.61 Å². The van der Waals surface area contributed by atoms with Gasteiger partial charge in [0.2, 0.25) is 0 Å². The Balaban J connectivity index is 1.44. The third kappa shape index (κ3) is 9.07. The van der Waals surface area contributed by atoms with Crippen molar-refractivity contribution < 1.29 is 28.8 Å². The Bertz CT molecular complexity index is 1330. The Kier molecular flexibility index (Phi) is 11.1. The first-order chi connectivity index (χ1) is 21.0. The summed E-state index contributed by atoms with van der Waals surface area (Å²) in [7, 11) is 0. The van der Waals surface area contributed by atoms with E-state index in [0.29, 0.717) is 26.4 Å². The third-order valence-corrected chi connectivity index (χ3v) is 7.58. The lowest BCUT2D eigenvalue weighted by atomic mass is 9.86. The molecule has 4 aromatic rings. The average molecular weight is 583 g/mol. The van der Waals surface area contributed by atoms with Gasteiger partial charge < -0.3 is 28.8 Å². The fourth-order valence-electron chi connectivity index (χ4n) is 5.36. The van der Waals surface area contributed by atoms with Gasteiger partial charge >= 0.3 is 0 Å².